The van der Waals surface area contributed by atoms with Crippen molar-refractivity contribution < 1.29 is 9.53 Å². The molecule has 6 heteroatoms. The molecular weight excluding hydrogens is 299 g/mol. The zero-order chi connectivity index (χ0) is 13.5. The standard InChI is InChI=1S/C11H19Cl3O2Si/c1-9(2)11(15)16-7-5-4-6-10(3)8-17(12,13)14/h10H,1,4-8H2,2-3H3. The third kappa shape index (κ3) is 11.1. The average molecular weight is 318 g/mol. The van der Waals surface area contributed by atoms with Crippen LogP contribution < -0.4 is 0 Å². The molecule has 0 saturated carbocycles. The Bertz CT molecular complexity index is 264. The van der Waals surface area contributed by atoms with Gasteiger partial charge < -0.3 is 4.74 Å². The number of ether oxygens (including phenoxy) is 1. The van der Waals surface area contributed by atoms with Crippen LogP contribution in [0.5, 0.6) is 0 Å². The minimum Gasteiger partial charge on any atom is -0.462 e. The highest BCUT2D eigenvalue weighted by molar-refractivity contribution is 7.64. The number of halogens is 3. The first-order valence-corrected chi connectivity index (χ1v) is 10.9. The highest BCUT2D eigenvalue weighted by Crippen LogP contribution is 2.30. The summed E-state index contributed by atoms with van der Waals surface area (Å²) < 4.78 is 4.98. The van der Waals surface area contributed by atoms with Crippen molar-refractivity contribution in [3.05, 3.63) is 12.2 Å². The van der Waals surface area contributed by atoms with Crippen molar-refractivity contribution in [2.45, 2.75) is 39.2 Å². The van der Waals surface area contributed by atoms with Crippen LogP contribution in [0.4, 0.5) is 0 Å². The molecule has 17 heavy (non-hydrogen) atoms. The Kier molecular flexibility index (Phi) is 8.55. The number of rotatable bonds is 8. The maximum atomic E-state index is 11.1. The lowest BCUT2D eigenvalue weighted by Crippen LogP contribution is -2.14. The summed E-state index contributed by atoms with van der Waals surface area (Å²) in [6.07, 6.45) is 2.80. The van der Waals surface area contributed by atoms with Crippen LogP contribution in [-0.2, 0) is 9.53 Å². The van der Waals surface area contributed by atoms with Gasteiger partial charge in [-0.2, -0.15) is 0 Å². The summed E-state index contributed by atoms with van der Waals surface area (Å²) in [5.41, 5.74) is 0.431. The normalized spacial score (nSPS) is 13.2. The predicted octanol–water partition coefficient (Wildman–Crippen LogP) is 4.57. The van der Waals surface area contributed by atoms with E-state index in [-0.39, 0.29) is 5.97 Å². The zero-order valence-electron chi connectivity index (χ0n) is 10.3. The maximum Gasteiger partial charge on any atom is 0.341 e. The van der Waals surface area contributed by atoms with E-state index in [4.69, 9.17) is 38.0 Å². The largest absolute Gasteiger partial charge is 0.462 e. The topological polar surface area (TPSA) is 26.3 Å². The summed E-state index contributed by atoms with van der Waals surface area (Å²) in [6.45, 7) is 7.66. The van der Waals surface area contributed by atoms with Gasteiger partial charge in [0.05, 0.1) is 6.61 Å². The second-order valence-corrected chi connectivity index (χ2v) is 13.5. The lowest BCUT2D eigenvalue weighted by atomic mass is 10.1. The number of esters is 1. The maximum absolute atomic E-state index is 11.1. The number of hydrogen-bond donors (Lipinski definition) is 0. The van der Waals surface area contributed by atoms with Crippen LogP contribution in [0.15, 0.2) is 12.2 Å². The van der Waals surface area contributed by atoms with Crippen LogP contribution in [0.3, 0.4) is 0 Å². The molecule has 0 heterocycles. The molecule has 0 aliphatic carbocycles. The van der Waals surface area contributed by atoms with E-state index in [1.807, 2.05) is 0 Å². The Morgan fingerprint density at radius 3 is 2.41 bits per heavy atom. The first kappa shape index (κ1) is 17.3. The Hall–Kier alpha value is 0.297. The molecule has 0 aromatic rings. The molecule has 2 nitrogen and oxygen atoms in total. The fraction of sp³-hybridized carbons (Fsp3) is 0.727. The Balaban J connectivity index is 3.52. The Morgan fingerprint density at radius 1 is 1.35 bits per heavy atom. The average Bonchev–Trinajstić information content (AvgIpc) is 2.13. The summed E-state index contributed by atoms with van der Waals surface area (Å²) in [7, 11) is 0. The van der Waals surface area contributed by atoms with Crippen LogP contribution in [0, 0.1) is 5.92 Å². The monoisotopic (exact) mass is 316 g/mol. The van der Waals surface area contributed by atoms with Crippen molar-refractivity contribution in [1.82, 2.24) is 0 Å². The molecule has 1 unspecified atom stereocenters. The summed E-state index contributed by atoms with van der Waals surface area (Å²) in [6, 6.07) is -1.82. The molecule has 0 bridgehead atoms. The van der Waals surface area contributed by atoms with E-state index in [1.165, 1.54) is 0 Å². The highest BCUT2D eigenvalue weighted by atomic mass is 35.8. The first-order valence-electron chi connectivity index (χ1n) is 5.61. The summed E-state index contributed by atoms with van der Waals surface area (Å²) in [4.78, 5) is 11.1. The third-order valence-corrected chi connectivity index (χ3v) is 4.80. The van der Waals surface area contributed by atoms with Crippen LogP contribution in [0.2, 0.25) is 6.04 Å². The molecule has 0 fully saturated rings. The van der Waals surface area contributed by atoms with E-state index in [0.717, 1.165) is 19.3 Å². The van der Waals surface area contributed by atoms with Gasteiger partial charge in [-0.1, -0.05) is 19.9 Å². The fourth-order valence-electron chi connectivity index (χ4n) is 1.38. The van der Waals surface area contributed by atoms with E-state index in [9.17, 15) is 4.79 Å². The molecular formula is C11H19Cl3O2Si. The number of hydrogen-bond acceptors (Lipinski definition) is 2. The van der Waals surface area contributed by atoms with Gasteiger partial charge in [0.1, 0.15) is 0 Å². The van der Waals surface area contributed by atoms with Gasteiger partial charge in [-0.3, -0.25) is 0 Å². The minimum absolute atomic E-state index is 0.327. The first-order chi connectivity index (χ1) is 7.72. The van der Waals surface area contributed by atoms with Crippen molar-refractivity contribution in [3.63, 3.8) is 0 Å². The van der Waals surface area contributed by atoms with Gasteiger partial charge in [-0.15, -0.1) is 33.2 Å². The van der Waals surface area contributed by atoms with Gasteiger partial charge in [0, 0.05) is 5.57 Å². The van der Waals surface area contributed by atoms with Crippen molar-refractivity contribution in [1.29, 1.82) is 0 Å². The second-order valence-electron chi connectivity index (χ2n) is 4.34. The van der Waals surface area contributed by atoms with E-state index in [2.05, 4.69) is 13.5 Å². The molecule has 0 aromatic carbocycles. The van der Waals surface area contributed by atoms with Gasteiger partial charge in [0.2, 0.25) is 0 Å². The van der Waals surface area contributed by atoms with Gasteiger partial charge in [-0.05, 0) is 31.7 Å². The molecule has 100 valence electrons. The molecule has 0 N–H and O–H groups in total. The molecule has 0 aromatic heterocycles. The van der Waals surface area contributed by atoms with Gasteiger partial charge in [-0.25, -0.2) is 4.79 Å². The van der Waals surface area contributed by atoms with E-state index in [0.29, 0.717) is 24.1 Å². The third-order valence-electron chi connectivity index (χ3n) is 2.25. The van der Waals surface area contributed by atoms with Crippen LogP contribution >= 0.6 is 33.2 Å². The molecule has 0 aliphatic rings. The van der Waals surface area contributed by atoms with Crippen molar-refractivity contribution in [2.75, 3.05) is 6.61 Å². The molecule has 0 radical (unpaired) electrons. The summed E-state index contributed by atoms with van der Waals surface area (Å²) in [5, 5.41) is 0. The quantitative estimate of drug-likeness (QED) is 0.215. The number of carbonyl (C=O) groups is 1. The molecule has 0 rings (SSSR count). The second kappa shape index (κ2) is 8.41. The summed E-state index contributed by atoms with van der Waals surface area (Å²) >= 11 is 17.5. The molecule has 0 spiro atoms. The van der Waals surface area contributed by atoms with Gasteiger partial charge in [0.25, 0.3) is 0 Å². The van der Waals surface area contributed by atoms with E-state index >= 15 is 0 Å². The molecule has 0 amide bonds. The van der Waals surface area contributed by atoms with Crippen LogP contribution in [0.1, 0.15) is 33.1 Å². The Morgan fingerprint density at radius 2 is 1.94 bits per heavy atom. The molecule has 0 saturated heterocycles. The SMILES string of the molecule is C=C(C)C(=O)OCCCCC(C)C[Si](Cl)(Cl)Cl. The number of unbranched alkanes of at least 4 members (excludes halogenated alkanes) is 1. The Labute approximate surface area is 118 Å². The van der Waals surface area contributed by atoms with Crippen molar-refractivity contribution in [2.24, 2.45) is 5.92 Å². The number of carbonyl (C=O) groups excluding carboxylic acids is 1. The van der Waals surface area contributed by atoms with Gasteiger partial charge in [0.15, 0.2) is 0 Å². The minimum atomic E-state index is -2.50. The lowest BCUT2D eigenvalue weighted by molar-refractivity contribution is -0.139. The van der Waals surface area contributed by atoms with E-state index < -0.39 is 6.00 Å². The van der Waals surface area contributed by atoms with E-state index in [1.54, 1.807) is 6.92 Å². The summed E-state index contributed by atoms with van der Waals surface area (Å²) in [5.74, 6) is 0.0813. The zero-order valence-corrected chi connectivity index (χ0v) is 13.5. The van der Waals surface area contributed by atoms with Gasteiger partial charge >= 0.3 is 12.0 Å². The predicted molar refractivity (Wildman–Crippen MR) is 76.9 cm³/mol. The van der Waals surface area contributed by atoms with Crippen LogP contribution in [-0.4, -0.2) is 18.6 Å². The molecule has 1 atom stereocenters. The molecule has 0 aliphatic heterocycles. The fourth-order valence-corrected chi connectivity index (χ4v) is 4.75. The smallest absolute Gasteiger partial charge is 0.341 e. The lowest BCUT2D eigenvalue weighted by Gasteiger charge is -2.14. The highest BCUT2D eigenvalue weighted by Gasteiger charge is 2.27. The van der Waals surface area contributed by atoms with Crippen molar-refractivity contribution >= 4 is 45.2 Å². The van der Waals surface area contributed by atoms with Crippen molar-refractivity contribution in [3.8, 4) is 0 Å². The van der Waals surface area contributed by atoms with Crippen LogP contribution in [0.25, 0.3) is 0 Å².